The summed E-state index contributed by atoms with van der Waals surface area (Å²) in [7, 11) is 1.91. The molecule has 5 rings (SSSR count). The van der Waals surface area contributed by atoms with Gasteiger partial charge in [0.05, 0.1) is 23.3 Å². The Hall–Kier alpha value is -3.90. The maximum Gasteiger partial charge on any atom is 0.231 e. The zero-order valence-corrected chi connectivity index (χ0v) is 19.7. The van der Waals surface area contributed by atoms with E-state index in [9.17, 15) is 4.79 Å². The molecule has 1 N–H and O–H groups in total. The van der Waals surface area contributed by atoms with Gasteiger partial charge in [0.1, 0.15) is 0 Å². The van der Waals surface area contributed by atoms with Crippen molar-refractivity contribution in [3.05, 3.63) is 96.2 Å². The van der Waals surface area contributed by atoms with Crippen LogP contribution >= 0.6 is 11.6 Å². The number of aryl methyl sites for hydroxylation is 1. The quantitative estimate of drug-likeness (QED) is 0.322. The van der Waals surface area contributed by atoms with Crippen molar-refractivity contribution in [1.29, 1.82) is 0 Å². The highest BCUT2D eigenvalue weighted by Gasteiger charge is 2.19. The van der Waals surface area contributed by atoms with Gasteiger partial charge in [-0.2, -0.15) is 5.10 Å². The summed E-state index contributed by atoms with van der Waals surface area (Å²) in [6, 6.07) is 17.4. The molecule has 34 heavy (non-hydrogen) atoms. The summed E-state index contributed by atoms with van der Waals surface area (Å²) in [4.78, 5) is 17.6. The number of nitrogens with one attached hydrogen (secondary N) is 1. The molecule has 0 unspecified atom stereocenters. The Morgan fingerprint density at radius 1 is 1.03 bits per heavy atom. The minimum Gasteiger partial charge on any atom is -0.326 e. The molecule has 0 spiro atoms. The van der Waals surface area contributed by atoms with Crippen molar-refractivity contribution in [2.24, 2.45) is 7.05 Å². The number of amides is 1. The van der Waals surface area contributed by atoms with E-state index >= 15 is 0 Å². The third kappa shape index (κ3) is 4.32. The minimum atomic E-state index is -0.237. The monoisotopic (exact) mass is 469 g/mol. The van der Waals surface area contributed by atoms with Gasteiger partial charge in [-0.1, -0.05) is 42.8 Å². The number of benzene rings is 2. The highest BCUT2D eigenvalue weighted by Crippen LogP contribution is 2.29. The normalized spacial score (nSPS) is 12.1. The summed E-state index contributed by atoms with van der Waals surface area (Å²) in [6.45, 7) is 2.01. The topological polar surface area (TPSA) is 64.2 Å². The molecule has 0 aliphatic heterocycles. The molecule has 0 aliphatic rings. The van der Waals surface area contributed by atoms with E-state index < -0.39 is 0 Å². The molecule has 5 aromatic rings. The number of hydrogen-bond acceptors (Lipinski definition) is 3. The molecule has 0 radical (unpaired) electrons. The van der Waals surface area contributed by atoms with Crippen LogP contribution in [0.25, 0.3) is 27.9 Å². The number of fused-ring (bicyclic) bond motifs is 1. The lowest BCUT2D eigenvalue weighted by Gasteiger charge is -2.16. The second-order valence-electron chi connectivity index (χ2n) is 8.28. The third-order valence-corrected chi connectivity index (χ3v) is 6.24. The van der Waals surface area contributed by atoms with Crippen LogP contribution in [0, 0.1) is 0 Å². The zero-order chi connectivity index (χ0) is 23.7. The molecule has 1 amide bonds. The summed E-state index contributed by atoms with van der Waals surface area (Å²) in [5.41, 5.74) is 6.70. The van der Waals surface area contributed by atoms with Gasteiger partial charge in [-0.15, -0.1) is 0 Å². The molecule has 0 bridgehead atoms. The van der Waals surface area contributed by atoms with E-state index in [2.05, 4.69) is 32.1 Å². The van der Waals surface area contributed by atoms with E-state index in [1.807, 2.05) is 81.1 Å². The van der Waals surface area contributed by atoms with Crippen LogP contribution in [-0.4, -0.2) is 25.1 Å². The molecule has 6 nitrogen and oxygen atoms in total. The van der Waals surface area contributed by atoms with Crippen LogP contribution in [0.1, 0.15) is 24.8 Å². The Labute approximate surface area is 202 Å². The fourth-order valence-corrected chi connectivity index (χ4v) is 4.32. The predicted molar refractivity (Wildman–Crippen MR) is 136 cm³/mol. The standard InChI is InChI=1S/C27H24ClN5O/c1-3-24(18-4-8-22(28)9-5-18)27(34)31-23-10-6-19(7-11-23)26-25-14-20(17-33(25)13-12-29-26)21-15-30-32(2)16-21/h4-17,24H,3H2,1-2H3,(H,31,34)/t24-/m0/s1. The second-order valence-corrected chi connectivity index (χ2v) is 8.72. The highest BCUT2D eigenvalue weighted by atomic mass is 35.5. The lowest BCUT2D eigenvalue weighted by molar-refractivity contribution is -0.117. The Kier molecular flexibility index (Phi) is 5.90. The van der Waals surface area contributed by atoms with E-state index in [0.29, 0.717) is 11.4 Å². The fraction of sp³-hybridized carbons (Fsp3) is 0.148. The molecule has 0 aliphatic carbocycles. The van der Waals surface area contributed by atoms with E-state index in [1.54, 1.807) is 10.9 Å². The van der Waals surface area contributed by atoms with Crippen molar-refractivity contribution in [3.63, 3.8) is 0 Å². The molecule has 3 aromatic heterocycles. The van der Waals surface area contributed by atoms with Crippen LogP contribution in [0.2, 0.25) is 5.02 Å². The molecule has 0 fully saturated rings. The van der Waals surface area contributed by atoms with Crippen LogP contribution < -0.4 is 5.32 Å². The van der Waals surface area contributed by atoms with Crippen molar-refractivity contribution >= 4 is 28.7 Å². The summed E-state index contributed by atoms with van der Waals surface area (Å²) in [6.07, 6.45) is 10.4. The average molecular weight is 470 g/mol. The van der Waals surface area contributed by atoms with Gasteiger partial charge in [0.25, 0.3) is 0 Å². The first-order valence-electron chi connectivity index (χ1n) is 11.1. The summed E-state index contributed by atoms with van der Waals surface area (Å²) in [5.74, 6) is -0.274. The van der Waals surface area contributed by atoms with Gasteiger partial charge >= 0.3 is 0 Å². The van der Waals surface area contributed by atoms with Gasteiger partial charge in [0.2, 0.25) is 5.91 Å². The first-order chi connectivity index (χ1) is 16.5. The van der Waals surface area contributed by atoms with Crippen LogP contribution in [-0.2, 0) is 11.8 Å². The van der Waals surface area contributed by atoms with Crippen LogP contribution in [0.3, 0.4) is 0 Å². The number of nitrogens with zero attached hydrogens (tertiary/aromatic N) is 4. The zero-order valence-electron chi connectivity index (χ0n) is 18.9. The van der Waals surface area contributed by atoms with Crippen LogP contribution in [0.5, 0.6) is 0 Å². The molecule has 1 atom stereocenters. The van der Waals surface area contributed by atoms with E-state index in [1.165, 1.54) is 0 Å². The number of carbonyl (C=O) groups is 1. The second kappa shape index (κ2) is 9.15. The van der Waals surface area contributed by atoms with E-state index in [4.69, 9.17) is 11.6 Å². The van der Waals surface area contributed by atoms with Crippen molar-refractivity contribution in [2.75, 3.05) is 5.32 Å². The van der Waals surface area contributed by atoms with Crippen molar-refractivity contribution in [2.45, 2.75) is 19.3 Å². The molecule has 0 saturated carbocycles. The van der Waals surface area contributed by atoms with Crippen molar-refractivity contribution in [3.8, 4) is 22.4 Å². The molecule has 7 heteroatoms. The van der Waals surface area contributed by atoms with Crippen LogP contribution in [0.4, 0.5) is 5.69 Å². The van der Waals surface area contributed by atoms with Gasteiger partial charge in [-0.3, -0.25) is 14.5 Å². The Morgan fingerprint density at radius 2 is 1.79 bits per heavy atom. The molecule has 170 valence electrons. The van der Waals surface area contributed by atoms with Gasteiger partial charge in [0, 0.05) is 59.2 Å². The fourth-order valence-electron chi connectivity index (χ4n) is 4.20. The smallest absolute Gasteiger partial charge is 0.231 e. The number of hydrogen-bond donors (Lipinski definition) is 1. The highest BCUT2D eigenvalue weighted by molar-refractivity contribution is 6.30. The van der Waals surface area contributed by atoms with E-state index in [0.717, 1.165) is 39.2 Å². The van der Waals surface area contributed by atoms with Crippen molar-refractivity contribution in [1.82, 2.24) is 19.2 Å². The molecule has 2 aromatic carbocycles. The van der Waals surface area contributed by atoms with Gasteiger partial charge < -0.3 is 9.72 Å². The average Bonchev–Trinajstić information content (AvgIpc) is 3.47. The SMILES string of the molecule is CC[C@H](C(=O)Nc1ccc(-c2nccn3cc(-c4cnn(C)c4)cc23)cc1)c1ccc(Cl)cc1. The largest absolute Gasteiger partial charge is 0.326 e. The Balaban J connectivity index is 1.38. The van der Waals surface area contributed by atoms with Gasteiger partial charge in [-0.05, 0) is 42.3 Å². The van der Waals surface area contributed by atoms with Crippen molar-refractivity contribution < 1.29 is 4.79 Å². The van der Waals surface area contributed by atoms with E-state index in [-0.39, 0.29) is 11.8 Å². The summed E-state index contributed by atoms with van der Waals surface area (Å²) < 4.78 is 3.86. The summed E-state index contributed by atoms with van der Waals surface area (Å²) in [5, 5.41) is 7.97. The molecule has 3 heterocycles. The number of carbonyl (C=O) groups excluding carboxylic acids is 1. The molecule has 0 saturated heterocycles. The molecular formula is C27H24ClN5O. The number of halogens is 1. The maximum atomic E-state index is 12.9. The predicted octanol–water partition coefficient (Wildman–Crippen LogP) is 6.19. The molecular weight excluding hydrogens is 446 g/mol. The lowest BCUT2D eigenvalue weighted by atomic mass is 9.95. The number of anilines is 1. The van der Waals surface area contributed by atoms with Gasteiger partial charge in [-0.25, -0.2) is 0 Å². The van der Waals surface area contributed by atoms with Gasteiger partial charge in [0.15, 0.2) is 0 Å². The minimum absolute atomic E-state index is 0.0366. The third-order valence-electron chi connectivity index (χ3n) is 5.98. The Morgan fingerprint density at radius 3 is 2.47 bits per heavy atom. The summed E-state index contributed by atoms with van der Waals surface area (Å²) >= 11 is 5.99. The number of aromatic nitrogens is 4. The first kappa shape index (κ1) is 21.9. The number of rotatable bonds is 6. The van der Waals surface area contributed by atoms with Crippen LogP contribution in [0.15, 0.2) is 85.6 Å². The first-order valence-corrected chi connectivity index (χ1v) is 11.5. The lowest BCUT2D eigenvalue weighted by Crippen LogP contribution is -2.20. The maximum absolute atomic E-state index is 12.9. The Bertz CT molecular complexity index is 1450.